The Balaban J connectivity index is -0.000000208. The predicted molar refractivity (Wildman–Crippen MR) is 73.5 cm³/mol. The molecule has 0 aliphatic rings. The zero-order chi connectivity index (χ0) is 12.6. The summed E-state index contributed by atoms with van der Waals surface area (Å²) in [5.41, 5.74) is 4.57. The Morgan fingerprint density at radius 1 is 1.00 bits per heavy atom. The first-order valence-electron chi connectivity index (χ1n) is 2.70. The van der Waals surface area contributed by atoms with Gasteiger partial charge in [-0.3, -0.25) is 4.79 Å². The van der Waals surface area contributed by atoms with E-state index in [4.69, 9.17) is 73.2 Å². The molecule has 0 amide bonds. The number of carboxylic acids is 1. The Hall–Kier alpha value is 3.17. The van der Waals surface area contributed by atoms with E-state index in [1.54, 1.807) is 0 Å². The van der Waals surface area contributed by atoms with E-state index in [-0.39, 0.29) is 23.9 Å². The van der Waals surface area contributed by atoms with E-state index in [1.807, 2.05) is 0 Å². The number of aliphatic carboxylic acids is 1. The molecule has 96 valence electrons. The Kier molecular flexibility index (Phi) is 5.63. The van der Waals surface area contributed by atoms with Crippen LogP contribution in [0.3, 0.4) is 0 Å². The van der Waals surface area contributed by atoms with Gasteiger partial charge in [-0.05, 0) is 0 Å². The summed E-state index contributed by atoms with van der Waals surface area (Å²) in [5.74, 6) is -0.968. The van der Waals surface area contributed by atoms with Crippen LogP contribution in [0.5, 0.6) is 0 Å². The Labute approximate surface area is 116 Å². The van der Waals surface area contributed by atoms with Crippen molar-refractivity contribution in [3.63, 3.8) is 0 Å². The average molecular weight is 480 g/mol. The number of hydrogen-bond acceptors (Lipinski definition) is 2. The van der Waals surface area contributed by atoms with Gasteiger partial charge in [-0.15, -0.1) is 0 Å². The van der Waals surface area contributed by atoms with Crippen molar-refractivity contribution in [2.75, 3.05) is 6.54 Å². The topological polar surface area (TPSA) is 63.3 Å². The second-order valence-electron chi connectivity index (χ2n) is 2.60. The Morgan fingerprint density at radius 3 is 1.07 bits per heavy atom. The summed E-state index contributed by atoms with van der Waals surface area (Å²) in [5, 5.41) is 7.60. The van der Waals surface area contributed by atoms with E-state index >= 15 is 0 Å². The number of nitrogens with two attached hydrogens (primary N) is 1. The van der Waals surface area contributed by atoms with Gasteiger partial charge in [0.15, 0.2) is 17.4 Å². The molecule has 0 spiro atoms. The molecule has 13 heteroatoms. The number of carbonyl (C=O) groups is 1. The summed E-state index contributed by atoms with van der Waals surface area (Å²) >= 11 is 0. The maximum atomic E-state index is 9.24. The number of halogens is 8. The summed E-state index contributed by atoms with van der Waals surface area (Å²) in [6.07, 6.45) is 0. The van der Waals surface area contributed by atoms with Crippen molar-refractivity contribution < 1.29 is 14.7 Å². The molecule has 0 saturated heterocycles. The predicted octanol–water partition coefficient (Wildman–Crippen LogP) is 3.36. The zero-order valence-electron chi connectivity index (χ0n) is 6.16. The van der Waals surface area contributed by atoms with Gasteiger partial charge in [-0.25, -0.2) is 0 Å². The fraction of sp³-hybridized carbons (Fsp3) is 0.500. The number of hydrogen-bond donors (Lipinski definition) is 2. The summed E-state index contributed by atoms with van der Waals surface area (Å²) in [7, 11) is 40.7. The number of rotatable bonds is 1. The van der Waals surface area contributed by atoms with Crippen molar-refractivity contribution >= 4 is 91.4 Å². The molecule has 0 aromatic rings. The van der Waals surface area contributed by atoms with E-state index in [1.165, 1.54) is 0 Å². The molecule has 0 unspecified atom stereocenters. The van der Waals surface area contributed by atoms with Crippen molar-refractivity contribution in [1.82, 2.24) is 0 Å². The second-order valence-corrected chi connectivity index (χ2v) is 107. The van der Waals surface area contributed by atoms with Crippen molar-refractivity contribution in [3.05, 3.63) is 0 Å². The van der Waals surface area contributed by atoms with E-state index < -0.39 is 10.8 Å². The van der Waals surface area contributed by atoms with Crippen LogP contribution in [0.1, 0.15) is 0 Å². The van der Waals surface area contributed by atoms with Crippen LogP contribution in [0.4, 0.5) is 0 Å². The van der Waals surface area contributed by atoms with E-state index in [9.17, 15) is 4.79 Å². The van der Waals surface area contributed by atoms with E-state index in [0.29, 0.717) is 0 Å². The minimum absolute atomic E-state index is 0. The monoisotopic (exact) mass is 475 g/mol. The maximum absolute atomic E-state index is 9.24. The third kappa shape index (κ3) is 148. The molecule has 3 nitrogen and oxygen atoms in total. The van der Waals surface area contributed by atoms with Gasteiger partial charge >= 0.3 is 78.9 Å². The first-order chi connectivity index (χ1) is 5.10. The Bertz CT molecular complexity index is 251. The van der Waals surface area contributed by atoms with Gasteiger partial charge in [0, 0.05) is 0 Å². The van der Waals surface area contributed by atoms with Crippen LogP contribution >= 0.6 is 68.1 Å². The summed E-state index contributed by atoms with van der Waals surface area (Å²) < 4.78 is 0. The van der Waals surface area contributed by atoms with Crippen LogP contribution in [0.15, 0.2) is 0 Å². The van der Waals surface area contributed by atoms with Crippen LogP contribution < -0.4 is 5.73 Å². The first-order valence-corrected chi connectivity index (χ1v) is 28.0. The normalized spacial score (nSPS) is 21.1. The first kappa shape index (κ1) is 23.3. The molecule has 0 radical (unpaired) electrons. The van der Waals surface area contributed by atoms with Gasteiger partial charge in [0.1, 0.15) is 0 Å². The van der Waals surface area contributed by atoms with Crippen LogP contribution in [0.2, 0.25) is 0 Å². The quantitative estimate of drug-likeness (QED) is 0.567. The molecule has 0 rings (SSSR count). The van der Waals surface area contributed by atoms with E-state index in [2.05, 4.69) is 5.73 Å². The van der Waals surface area contributed by atoms with Crippen molar-refractivity contribution in [2.45, 2.75) is 0 Å². The third-order valence-electron chi connectivity index (χ3n) is 0.175. The molecular formula is C2H8AlCl8NO2Zr. The van der Waals surface area contributed by atoms with Crippen LogP contribution in [-0.4, -0.2) is 35.0 Å². The summed E-state index contributed by atoms with van der Waals surface area (Å²) in [6, 6.07) is 0. The van der Waals surface area contributed by atoms with Gasteiger partial charge in [0.05, 0.1) is 6.54 Å². The van der Waals surface area contributed by atoms with Crippen LogP contribution in [0, 0.1) is 0 Å². The fourth-order valence-corrected chi connectivity index (χ4v) is 0. The fourth-order valence-electron chi connectivity index (χ4n) is 0. The molecule has 0 atom stereocenters. The average Bonchev–Trinajstić information content (AvgIpc) is 1.53. The summed E-state index contributed by atoms with van der Waals surface area (Å²) in [4.78, 5) is 1.64. The Morgan fingerprint density at radius 2 is 1.07 bits per heavy atom. The van der Waals surface area contributed by atoms with Gasteiger partial charge in [0.2, 0.25) is 0 Å². The molecule has 0 heterocycles. The van der Waals surface area contributed by atoms with Crippen molar-refractivity contribution in [2.24, 2.45) is 5.73 Å². The molecule has 15 heavy (non-hydrogen) atoms. The third-order valence-corrected chi connectivity index (χ3v) is 0.175. The minimum atomic E-state index is -7.61. The standard InChI is InChI=1S/C2H5NO2.Al.8ClH.Zr.3H/c3-1-2(4)5;;;;;;;;;;;;;/h1,3H2,(H,4,5);;8*1H;;;;/q;;;;;;;;;;+8;;;/p-8. The number of carboxylic acid groups (broad SMARTS) is 1. The van der Waals surface area contributed by atoms with E-state index in [0.717, 1.165) is 0 Å². The van der Waals surface area contributed by atoms with Crippen LogP contribution in [0.25, 0.3) is 0 Å². The zero-order valence-corrected chi connectivity index (χ0v) is 14.7. The molecule has 0 fully saturated rings. The molecule has 0 aliphatic carbocycles. The SMILES string of the molecule is NCC(=O)O.[AlH3].[Cl][Zr]([Cl])([Cl])([Cl])([Cl])([Cl])([Cl])[Cl]. The molecule has 0 bridgehead atoms. The summed E-state index contributed by atoms with van der Waals surface area (Å²) in [6.45, 7) is -0.278. The van der Waals surface area contributed by atoms with Gasteiger partial charge in [-0.2, -0.15) is 0 Å². The van der Waals surface area contributed by atoms with Gasteiger partial charge in [0.25, 0.3) is 0 Å². The molecule has 0 aliphatic heterocycles. The molecular weight excluding hydrogens is 472 g/mol. The van der Waals surface area contributed by atoms with Gasteiger partial charge in [-0.1, -0.05) is 0 Å². The molecule has 0 saturated carbocycles. The second kappa shape index (κ2) is 3.63. The molecule has 0 aromatic heterocycles. The molecule has 3 N–H and O–H groups in total. The molecule has 0 aromatic carbocycles. The van der Waals surface area contributed by atoms with Crippen LogP contribution in [-0.2, 0) is 9.58 Å². The van der Waals surface area contributed by atoms with Crippen molar-refractivity contribution in [1.29, 1.82) is 0 Å². The van der Waals surface area contributed by atoms with Crippen molar-refractivity contribution in [3.8, 4) is 0 Å². The van der Waals surface area contributed by atoms with Gasteiger partial charge < -0.3 is 10.8 Å².